The Bertz CT molecular complexity index is 534. The summed E-state index contributed by atoms with van der Waals surface area (Å²) in [6, 6.07) is 9.91. The highest BCUT2D eigenvalue weighted by Crippen LogP contribution is 2.24. The average Bonchev–Trinajstić information content (AvgIpc) is 2.83. The van der Waals surface area contributed by atoms with E-state index in [-0.39, 0.29) is 0 Å². The van der Waals surface area contributed by atoms with Crippen molar-refractivity contribution < 1.29 is 9.47 Å². The summed E-state index contributed by atoms with van der Waals surface area (Å²) < 4.78 is 11.0. The highest BCUT2D eigenvalue weighted by atomic mass is 32.1. The van der Waals surface area contributed by atoms with Crippen LogP contribution < -0.4 is 14.8 Å². The SMILES string of the molecule is CCNCc1cc(COc2ccc(OC)cc2)c(C)s1. The number of hydrogen-bond acceptors (Lipinski definition) is 4. The van der Waals surface area contributed by atoms with E-state index < -0.39 is 0 Å². The highest BCUT2D eigenvalue weighted by Gasteiger charge is 2.06. The molecule has 4 heteroatoms. The summed E-state index contributed by atoms with van der Waals surface area (Å²) in [5.74, 6) is 1.71. The second-order valence-electron chi connectivity index (χ2n) is 4.54. The lowest BCUT2D eigenvalue weighted by atomic mass is 10.2. The summed E-state index contributed by atoms with van der Waals surface area (Å²) in [7, 11) is 1.66. The zero-order valence-corrected chi connectivity index (χ0v) is 13.0. The number of methoxy groups -OCH3 is 1. The molecule has 0 spiro atoms. The molecule has 1 aromatic heterocycles. The van der Waals surface area contributed by atoms with Crippen molar-refractivity contribution in [3.8, 4) is 11.5 Å². The Morgan fingerprint density at radius 3 is 2.50 bits per heavy atom. The lowest BCUT2D eigenvalue weighted by Gasteiger charge is -2.06. The van der Waals surface area contributed by atoms with Gasteiger partial charge in [-0.3, -0.25) is 0 Å². The zero-order chi connectivity index (χ0) is 14.4. The van der Waals surface area contributed by atoms with Crippen LogP contribution >= 0.6 is 11.3 Å². The average molecular weight is 291 g/mol. The number of rotatable bonds is 7. The molecule has 0 fully saturated rings. The van der Waals surface area contributed by atoms with E-state index in [2.05, 4.69) is 25.2 Å². The highest BCUT2D eigenvalue weighted by molar-refractivity contribution is 7.12. The summed E-state index contributed by atoms with van der Waals surface area (Å²) in [6.45, 7) is 6.81. The first kappa shape index (κ1) is 14.9. The predicted octanol–water partition coefficient (Wildman–Crippen LogP) is 3.75. The van der Waals surface area contributed by atoms with E-state index in [1.54, 1.807) is 7.11 Å². The number of benzene rings is 1. The van der Waals surface area contributed by atoms with Gasteiger partial charge in [0, 0.05) is 21.9 Å². The van der Waals surface area contributed by atoms with Crippen molar-refractivity contribution >= 4 is 11.3 Å². The van der Waals surface area contributed by atoms with Gasteiger partial charge in [-0.15, -0.1) is 11.3 Å². The number of ether oxygens (including phenoxy) is 2. The maximum atomic E-state index is 5.82. The third-order valence-corrected chi connectivity index (χ3v) is 4.17. The topological polar surface area (TPSA) is 30.5 Å². The third-order valence-electron chi connectivity index (χ3n) is 3.07. The molecule has 1 heterocycles. The van der Waals surface area contributed by atoms with Crippen LogP contribution in [0.25, 0.3) is 0 Å². The van der Waals surface area contributed by atoms with E-state index in [1.807, 2.05) is 35.6 Å². The van der Waals surface area contributed by atoms with Gasteiger partial charge in [-0.2, -0.15) is 0 Å². The first-order chi connectivity index (χ1) is 9.72. The van der Waals surface area contributed by atoms with Crippen molar-refractivity contribution in [2.24, 2.45) is 0 Å². The molecule has 0 saturated heterocycles. The van der Waals surface area contributed by atoms with Crippen molar-refractivity contribution in [1.82, 2.24) is 5.32 Å². The van der Waals surface area contributed by atoms with Gasteiger partial charge in [0.15, 0.2) is 0 Å². The van der Waals surface area contributed by atoms with Gasteiger partial charge in [0.05, 0.1) is 7.11 Å². The lowest BCUT2D eigenvalue weighted by Crippen LogP contribution is -2.10. The van der Waals surface area contributed by atoms with Gasteiger partial charge in [-0.25, -0.2) is 0 Å². The van der Waals surface area contributed by atoms with E-state index in [4.69, 9.17) is 9.47 Å². The van der Waals surface area contributed by atoms with E-state index in [1.165, 1.54) is 15.3 Å². The minimum atomic E-state index is 0.612. The molecule has 2 aromatic rings. The second kappa shape index (κ2) is 7.31. The first-order valence-corrected chi connectivity index (χ1v) is 7.60. The van der Waals surface area contributed by atoms with Crippen molar-refractivity contribution in [1.29, 1.82) is 0 Å². The molecule has 0 aliphatic carbocycles. The Morgan fingerprint density at radius 2 is 1.85 bits per heavy atom. The van der Waals surface area contributed by atoms with Crippen LogP contribution in [0.15, 0.2) is 30.3 Å². The van der Waals surface area contributed by atoms with E-state index in [0.717, 1.165) is 24.6 Å². The molecule has 0 aliphatic rings. The molecule has 1 aromatic carbocycles. The summed E-state index contributed by atoms with van der Waals surface area (Å²) in [6.07, 6.45) is 0. The molecule has 3 nitrogen and oxygen atoms in total. The van der Waals surface area contributed by atoms with Crippen LogP contribution in [-0.4, -0.2) is 13.7 Å². The molecule has 1 N–H and O–H groups in total. The van der Waals surface area contributed by atoms with Crippen LogP contribution in [0.5, 0.6) is 11.5 Å². The maximum Gasteiger partial charge on any atom is 0.120 e. The normalized spacial score (nSPS) is 10.6. The minimum absolute atomic E-state index is 0.612. The Balaban J connectivity index is 1.94. The lowest BCUT2D eigenvalue weighted by molar-refractivity contribution is 0.305. The molecule has 0 atom stereocenters. The predicted molar refractivity (Wildman–Crippen MR) is 83.8 cm³/mol. The standard InChI is InChI=1S/C16H21NO2S/c1-4-17-10-16-9-13(12(2)20-16)11-19-15-7-5-14(18-3)6-8-15/h5-9,17H,4,10-11H2,1-3H3. The van der Waals surface area contributed by atoms with Crippen LogP contribution in [0.4, 0.5) is 0 Å². The van der Waals surface area contributed by atoms with Gasteiger partial charge < -0.3 is 14.8 Å². The monoisotopic (exact) mass is 291 g/mol. The van der Waals surface area contributed by atoms with Gasteiger partial charge in [0.1, 0.15) is 18.1 Å². The first-order valence-electron chi connectivity index (χ1n) is 6.78. The Labute approximate surface area is 124 Å². The summed E-state index contributed by atoms with van der Waals surface area (Å²) in [4.78, 5) is 2.68. The van der Waals surface area contributed by atoms with Gasteiger partial charge in [0.2, 0.25) is 0 Å². The van der Waals surface area contributed by atoms with Crippen LogP contribution in [0.2, 0.25) is 0 Å². The molecule has 0 aliphatic heterocycles. The van der Waals surface area contributed by atoms with Crippen molar-refractivity contribution in [3.63, 3.8) is 0 Å². The van der Waals surface area contributed by atoms with Crippen LogP contribution in [0, 0.1) is 6.92 Å². The number of nitrogens with one attached hydrogen (secondary N) is 1. The van der Waals surface area contributed by atoms with E-state index in [9.17, 15) is 0 Å². The van der Waals surface area contributed by atoms with Crippen molar-refractivity contribution in [3.05, 3.63) is 45.6 Å². The molecule has 0 saturated carbocycles. The van der Waals surface area contributed by atoms with Crippen molar-refractivity contribution in [2.75, 3.05) is 13.7 Å². The maximum absolute atomic E-state index is 5.82. The molecule has 0 bridgehead atoms. The molecular formula is C16H21NO2S. The van der Waals surface area contributed by atoms with Gasteiger partial charge in [-0.05, 0) is 43.8 Å². The summed E-state index contributed by atoms with van der Waals surface area (Å²) in [5, 5.41) is 3.35. The van der Waals surface area contributed by atoms with Crippen molar-refractivity contribution in [2.45, 2.75) is 27.0 Å². The second-order valence-corrected chi connectivity index (χ2v) is 5.88. The van der Waals surface area contributed by atoms with E-state index in [0.29, 0.717) is 6.61 Å². The van der Waals surface area contributed by atoms with Crippen LogP contribution in [0.3, 0.4) is 0 Å². The fourth-order valence-corrected chi connectivity index (χ4v) is 2.92. The molecule has 20 heavy (non-hydrogen) atoms. The fourth-order valence-electron chi connectivity index (χ4n) is 1.90. The van der Waals surface area contributed by atoms with E-state index >= 15 is 0 Å². The summed E-state index contributed by atoms with van der Waals surface area (Å²) >= 11 is 1.83. The Hall–Kier alpha value is -1.52. The Morgan fingerprint density at radius 1 is 1.15 bits per heavy atom. The molecule has 2 rings (SSSR count). The van der Waals surface area contributed by atoms with Gasteiger partial charge in [0.25, 0.3) is 0 Å². The number of hydrogen-bond donors (Lipinski definition) is 1. The number of thiophene rings is 1. The molecule has 0 radical (unpaired) electrons. The quantitative estimate of drug-likeness (QED) is 0.842. The molecule has 0 amide bonds. The van der Waals surface area contributed by atoms with Gasteiger partial charge in [-0.1, -0.05) is 6.92 Å². The third kappa shape index (κ3) is 3.99. The smallest absolute Gasteiger partial charge is 0.120 e. The molecular weight excluding hydrogens is 270 g/mol. The van der Waals surface area contributed by atoms with Gasteiger partial charge >= 0.3 is 0 Å². The largest absolute Gasteiger partial charge is 0.497 e. The number of aryl methyl sites for hydroxylation is 1. The molecule has 0 unspecified atom stereocenters. The van der Waals surface area contributed by atoms with Crippen LogP contribution in [0.1, 0.15) is 22.2 Å². The minimum Gasteiger partial charge on any atom is -0.497 e. The Kier molecular flexibility index (Phi) is 5.44. The molecule has 108 valence electrons. The zero-order valence-electron chi connectivity index (χ0n) is 12.2. The fraction of sp³-hybridized carbons (Fsp3) is 0.375. The van der Waals surface area contributed by atoms with Crippen LogP contribution in [-0.2, 0) is 13.2 Å². The summed E-state index contributed by atoms with van der Waals surface area (Å²) in [5.41, 5.74) is 1.26.